The zero-order valence-electron chi connectivity index (χ0n) is 18.1. The predicted octanol–water partition coefficient (Wildman–Crippen LogP) is 4.83. The van der Waals surface area contributed by atoms with Crippen LogP contribution in [0.3, 0.4) is 0 Å². The molecule has 11 heteroatoms. The maximum atomic E-state index is 11.0. The van der Waals surface area contributed by atoms with Crippen molar-refractivity contribution in [2.24, 2.45) is 10.2 Å². The third kappa shape index (κ3) is 4.65. The highest BCUT2D eigenvalue weighted by Crippen LogP contribution is 2.35. The van der Waals surface area contributed by atoms with Gasteiger partial charge in [-0.2, -0.15) is 10.2 Å². The zero-order chi connectivity index (χ0) is 23.5. The number of allylic oxidation sites excluding steroid dienone is 2. The Morgan fingerprint density at radius 1 is 1.15 bits per heavy atom. The first-order valence-corrected chi connectivity index (χ1v) is 12.0. The third-order valence-corrected chi connectivity index (χ3v) is 6.79. The van der Waals surface area contributed by atoms with Gasteiger partial charge >= 0.3 is 0 Å². The van der Waals surface area contributed by atoms with E-state index in [0.717, 1.165) is 47.7 Å². The number of benzene rings is 1. The molecule has 1 aliphatic carbocycles. The van der Waals surface area contributed by atoms with Gasteiger partial charge in [-0.3, -0.25) is 14.5 Å². The summed E-state index contributed by atoms with van der Waals surface area (Å²) in [5.41, 5.74) is 5.14. The van der Waals surface area contributed by atoms with Crippen LogP contribution in [0.4, 0.5) is 5.69 Å². The molecule has 2 aromatic heterocycles. The Kier molecular flexibility index (Phi) is 6.52. The van der Waals surface area contributed by atoms with E-state index in [2.05, 4.69) is 26.2 Å². The van der Waals surface area contributed by atoms with Crippen LogP contribution in [0.25, 0.3) is 11.0 Å². The van der Waals surface area contributed by atoms with E-state index in [1.165, 1.54) is 29.0 Å². The van der Waals surface area contributed by atoms with Crippen LogP contribution < -0.4 is 0 Å². The summed E-state index contributed by atoms with van der Waals surface area (Å²) in [7, 11) is 0. The summed E-state index contributed by atoms with van der Waals surface area (Å²) in [5, 5.41) is 21.8. The molecule has 5 rings (SSSR count). The highest BCUT2D eigenvalue weighted by molar-refractivity contribution is 7.15. The number of hydrogen-bond acceptors (Lipinski definition) is 8. The summed E-state index contributed by atoms with van der Waals surface area (Å²) in [6, 6.07) is 6.61. The first kappa shape index (κ1) is 22.5. The Morgan fingerprint density at radius 3 is 2.68 bits per heavy atom. The first-order chi connectivity index (χ1) is 16.6. The van der Waals surface area contributed by atoms with E-state index in [9.17, 15) is 10.1 Å². The number of aromatic nitrogens is 2. The molecular formula is C23H21ClN6O3S. The molecule has 0 atom stereocenters. The molecule has 3 heterocycles. The topological polar surface area (TPSA) is 97.6 Å². The van der Waals surface area contributed by atoms with E-state index in [4.69, 9.17) is 16.3 Å². The van der Waals surface area contributed by atoms with E-state index in [0.29, 0.717) is 24.1 Å². The minimum absolute atomic E-state index is 0.0845. The molecule has 0 amide bonds. The largest absolute Gasteiger partial charge is 0.378 e. The van der Waals surface area contributed by atoms with E-state index in [-0.39, 0.29) is 10.6 Å². The fourth-order valence-corrected chi connectivity index (χ4v) is 5.14. The van der Waals surface area contributed by atoms with Crippen molar-refractivity contribution < 1.29 is 9.66 Å². The van der Waals surface area contributed by atoms with Crippen molar-refractivity contribution in [3.8, 4) is 0 Å². The number of ether oxygens (including phenoxy) is 1. The number of fused-ring (bicyclic) bond motifs is 1. The fraction of sp³-hybridized carbons (Fsp3) is 0.261. The van der Waals surface area contributed by atoms with E-state index < -0.39 is 0 Å². The molecule has 1 aromatic carbocycles. The normalized spacial score (nSPS) is 18.4. The zero-order valence-corrected chi connectivity index (χ0v) is 19.7. The average molecular weight is 497 g/mol. The molecule has 1 aliphatic heterocycles. The lowest BCUT2D eigenvalue weighted by Crippen LogP contribution is -2.36. The molecule has 0 saturated carbocycles. The summed E-state index contributed by atoms with van der Waals surface area (Å²) in [5.74, 6) is 0. The molecule has 0 spiro atoms. The monoisotopic (exact) mass is 496 g/mol. The molecule has 2 aliphatic rings. The number of rotatable bonds is 6. The van der Waals surface area contributed by atoms with Crippen molar-refractivity contribution in [1.82, 2.24) is 14.3 Å². The number of nitro groups is 1. The van der Waals surface area contributed by atoms with E-state index in [1.54, 1.807) is 24.6 Å². The van der Waals surface area contributed by atoms with Crippen molar-refractivity contribution >= 4 is 52.1 Å². The number of nitro benzene ring substituents is 1. The van der Waals surface area contributed by atoms with Crippen molar-refractivity contribution in [3.63, 3.8) is 0 Å². The Balaban J connectivity index is 1.42. The van der Waals surface area contributed by atoms with Crippen molar-refractivity contribution in [2.75, 3.05) is 26.3 Å². The van der Waals surface area contributed by atoms with Gasteiger partial charge in [0, 0.05) is 42.5 Å². The second-order valence-corrected chi connectivity index (χ2v) is 9.06. The summed E-state index contributed by atoms with van der Waals surface area (Å²) < 4.78 is 7.42. The average Bonchev–Trinajstić information content (AvgIpc) is 3.53. The van der Waals surface area contributed by atoms with Gasteiger partial charge in [0.1, 0.15) is 5.69 Å². The predicted molar refractivity (Wildman–Crippen MR) is 134 cm³/mol. The van der Waals surface area contributed by atoms with Gasteiger partial charge in [-0.1, -0.05) is 11.6 Å². The lowest BCUT2D eigenvalue weighted by Gasteiger charge is -2.31. The number of non-ortho nitro benzene ring substituents is 1. The van der Waals surface area contributed by atoms with Crippen LogP contribution in [0.2, 0.25) is 5.15 Å². The highest BCUT2D eigenvalue weighted by atomic mass is 35.5. The Bertz CT molecular complexity index is 1330. The lowest BCUT2D eigenvalue weighted by molar-refractivity contribution is -0.384. The van der Waals surface area contributed by atoms with Gasteiger partial charge in [0.05, 0.1) is 30.6 Å². The van der Waals surface area contributed by atoms with Gasteiger partial charge in [0.2, 0.25) is 0 Å². The van der Waals surface area contributed by atoms with Crippen LogP contribution in [0.1, 0.15) is 24.1 Å². The molecule has 174 valence electrons. The number of hydrogen-bond donors (Lipinski definition) is 0. The molecule has 9 nitrogen and oxygen atoms in total. The standard InChI is InChI=1S/C23H21ClN6O3S/c24-22-20(29-9-12-34-23(29)27-22)15-26-25-14-18-4-3-17(21(18)28-7-10-33-11-8-28)13-16-1-5-19(6-2-16)30(31)32/h1-2,5-6,9,12-15H,3-4,7-8,10-11H2. The summed E-state index contributed by atoms with van der Waals surface area (Å²) >= 11 is 7.73. The lowest BCUT2D eigenvalue weighted by atomic mass is 10.1. The summed E-state index contributed by atoms with van der Waals surface area (Å²) in [6.07, 6.45) is 9.11. The summed E-state index contributed by atoms with van der Waals surface area (Å²) in [4.78, 5) is 18.0. The van der Waals surface area contributed by atoms with Gasteiger partial charge in [-0.05, 0) is 47.8 Å². The van der Waals surface area contributed by atoms with Crippen LogP contribution in [-0.4, -0.2) is 57.9 Å². The van der Waals surface area contributed by atoms with Crippen LogP contribution >= 0.6 is 22.9 Å². The number of halogens is 1. The van der Waals surface area contributed by atoms with Gasteiger partial charge in [0.15, 0.2) is 10.1 Å². The quantitative estimate of drug-likeness (QED) is 0.276. The van der Waals surface area contributed by atoms with Crippen LogP contribution in [0.15, 0.2) is 62.9 Å². The second kappa shape index (κ2) is 9.88. The van der Waals surface area contributed by atoms with Gasteiger partial charge in [-0.15, -0.1) is 11.3 Å². The number of thiazole rings is 1. The Labute approximate surface area is 204 Å². The van der Waals surface area contributed by atoms with Gasteiger partial charge < -0.3 is 9.64 Å². The van der Waals surface area contributed by atoms with E-state index >= 15 is 0 Å². The van der Waals surface area contributed by atoms with Crippen LogP contribution in [-0.2, 0) is 4.74 Å². The van der Waals surface area contributed by atoms with Crippen LogP contribution in [0.5, 0.6) is 0 Å². The van der Waals surface area contributed by atoms with Crippen molar-refractivity contribution in [2.45, 2.75) is 12.8 Å². The summed E-state index contributed by atoms with van der Waals surface area (Å²) in [6.45, 7) is 2.95. The number of imidazole rings is 1. The third-order valence-electron chi connectivity index (χ3n) is 5.76. The Hall–Kier alpha value is -3.34. The maximum Gasteiger partial charge on any atom is 0.269 e. The molecule has 0 radical (unpaired) electrons. The Morgan fingerprint density at radius 2 is 1.91 bits per heavy atom. The molecular weight excluding hydrogens is 476 g/mol. The van der Waals surface area contributed by atoms with Gasteiger partial charge in [-0.25, -0.2) is 4.98 Å². The fourth-order valence-electron chi connectivity index (χ4n) is 4.15. The molecule has 0 bridgehead atoms. The van der Waals surface area contributed by atoms with E-state index in [1.807, 2.05) is 16.0 Å². The molecule has 34 heavy (non-hydrogen) atoms. The van der Waals surface area contributed by atoms with Crippen molar-refractivity contribution in [3.05, 3.63) is 79.2 Å². The SMILES string of the molecule is O=[N+]([O-])c1ccc(C=C2CCC(C=NN=Cc3c(Cl)nc4sccn34)=C2N2CCOCC2)cc1. The molecule has 1 saturated heterocycles. The second-order valence-electron chi connectivity index (χ2n) is 7.82. The molecule has 1 fully saturated rings. The molecule has 3 aromatic rings. The van der Waals surface area contributed by atoms with Gasteiger partial charge in [0.25, 0.3) is 5.69 Å². The first-order valence-electron chi connectivity index (χ1n) is 10.8. The van der Waals surface area contributed by atoms with Crippen LogP contribution in [0, 0.1) is 10.1 Å². The minimum Gasteiger partial charge on any atom is -0.378 e. The minimum atomic E-state index is -0.388. The molecule has 0 unspecified atom stereocenters. The maximum absolute atomic E-state index is 11.0. The smallest absolute Gasteiger partial charge is 0.269 e. The molecule has 0 N–H and O–H groups in total. The number of morpholine rings is 1. The number of nitrogens with zero attached hydrogens (tertiary/aromatic N) is 6. The van der Waals surface area contributed by atoms with Crippen molar-refractivity contribution in [1.29, 1.82) is 0 Å². The highest BCUT2D eigenvalue weighted by Gasteiger charge is 2.25.